The largest absolute Gasteiger partial charge is 0.339 e. The maximum Gasteiger partial charge on any atom is 0.226 e. The number of fused-ring (bicyclic) bond motifs is 1. The van der Waals surface area contributed by atoms with Crippen molar-refractivity contribution in [1.82, 2.24) is 4.90 Å². The molecule has 1 heterocycles. The quantitative estimate of drug-likeness (QED) is 0.699. The molecule has 1 saturated heterocycles. The van der Waals surface area contributed by atoms with Gasteiger partial charge in [-0.05, 0) is 57.9 Å². The monoisotopic (exact) mass is 385 g/mol. The lowest BCUT2D eigenvalue weighted by molar-refractivity contribution is -0.133. The van der Waals surface area contributed by atoms with Crippen LogP contribution in [-0.4, -0.2) is 23.4 Å². The van der Waals surface area contributed by atoms with E-state index in [1.807, 2.05) is 0 Å². The second kappa shape index (κ2) is 6.87. The zero-order valence-electron chi connectivity index (χ0n) is 14.0. The molecule has 2 aromatic carbocycles. The van der Waals surface area contributed by atoms with Crippen molar-refractivity contribution in [2.24, 2.45) is 5.92 Å². The fraction of sp³-hybridized carbons (Fsp3) is 0.476. The number of carbonyl (C=O) groups excluding carboxylic acids is 1. The third kappa shape index (κ3) is 2.99. The number of benzene rings is 2. The Morgan fingerprint density at radius 3 is 2.62 bits per heavy atom. The number of amides is 1. The summed E-state index contributed by atoms with van der Waals surface area (Å²) in [7, 11) is 0. The fourth-order valence-corrected chi connectivity index (χ4v) is 5.06. The van der Waals surface area contributed by atoms with Crippen LogP contribution < -0.4 is 0 Å². The molecule has 0 aromatic heterocycles. The lowest BCUT2D eigenvalue weighted by Crippen LogP contribution is -2.39. The van der Waals surface area contributed by atoms with Gasteiger partial charge in [0.15, 0.2) is 0 Å². The van der Waals surface area contributed by atoms with E-state index in [1.54, 1.807) is 0 Å². The Hall–Kier alpha value is -1.35. The van der Waals surface area contributed by atoms with Gasteiger partial charge in [0.25, 0.3) is 0 Å². The molecule has 0 radical (unpaired) electrons. The number of rotatable bonds is 3. The van der Waals surface area contributed by atoms with E-state index in [4.69, 9.17) is 0 Å². The first-order valence-corrected chi connectivity index (χ1v) is 10.00. The van der Waals surface area contributed by atoms with Crippen LogP contribution in [0.5, 0.6) is 0 Å². The molecule has 2 aromatic rings. The summed E-state index contributed by atoms with van der Waals surface area (Å²) in [6, 6.07) is 13.3. The van der Waals surface area contributed by atoms with Gasteiger partial charge in [0.05, 0.1) is 0 Å². The second-order valence-electron chi connectivity index (χ2n) is 7.27. The molecule has 1 amide bonds. The number of halogens is 1. The normalized spacial score (nSPS) is 22.5. The molecule has 2 aliphatic rings. The fourth-order valence-electron chi connectivity index (χ4n) is 4.41. The van der Waals surface area contributed by atoms with E-state index in [-0.39, 0.29) is 5.92 Å². The van der Waals surface area contributed by atoms with Gasteiger partial charge in [0.1, 0.15) is 0 Å². The Morgan fingerprint density at radius 2 is 1.79 bits per heavy atom. The van der Waals surface area contributed by atoms with Crippen molar-refractivity contribution in [3.05, 3.63) is 46.4 Å². The number of carbonyl (C=O) groups is 1. The third-order valence-electron chi connectivity index (χ3n) is 5.78. The molecule has 0 N–H and O–H groups in total. The van der Waals surface area contributed by atoms with E-state index >= 15 is 0 Å². The minimum Gasteiger partial charge on any atom is -0.339 e. The third-order valence-corrected chi connectivity index (χ3v) is 6.71. The summed E-state index contributed by atoms with van der Waals surface area (Å²) < 4.78 is 1.16. The zero-order valence-corrected chi connectivity index (χ0v) is 15.6. The highest BCUT2D eigenvalue weighted by Crippen LogP contribution is 2.34. The summed E-state index contributed by atoms with van der Waals surface area (Å²) in [5.74, 6) is 0.548. The van der Waals surface area contributed by atoms with Gasteiger partial charge in [0.2, 0.25) is 5.91 Å². The van der Waals surface area contributed by atoms with Crippen LogP contribution in [0.25, 0.3) is 10.8 Å². The van der Waals surface area contributed by atoms with Crippen LogP contribution in [0.15, 0.2) is 40.9 Å². The summed E-state index contributed by atoms with van der Waals surface area (Å²) in [5.41, 5.74) is 1.26. The van der Waals surface area contributed by atoms with E-state index in [9.17, 15) is 4.79 Å². The summed E-state index contributed by atoms with van der Waals surface area (Å²) >= 11 is 3.78. The highest BCUT2D eigenvalue weighted by Gasteiger charge is 2.36. The Labute approximate surface area is 152 Å². The molecule has 126 valence electrons. The maximum absolute atomic E-state index is 12.9. The van der Waals surface area contributed by atoms with Crippen LogP contribution in [0.1, 0.15) is 44.1 Å². The molecular formula is C21H24BrNO. The predicted octanol–water partition coefficient (Wildman–Crippen LogP) is 5.33. The van der Waals surface area contributed by atoms with Crippen molar-refractivity contribution in [1.29, 1.82) is 0 Å². The number of nitrogens with zero attached hydrogens (tertiary/aromatic N) is 1. The smallest absolute Gasteiger partial charge is 0.226 e. The molecule has 0 bridgehead atoms. The molecule has 4 rings (SSSR count). The average molecular weight is 386 g/mol. The summed E-state index contributed by atoms with van der Waals surface area (Å²) in [4.78, 5) is 15.1. The Kier molecular flexibility index (Phi) is 4.62. The molecule has 1 saturated carbocycles. The molecule has 1 aliphatic heterocycles. The molecule has 2 fully saturated rings. The van der Waals surface area contributed by atoms with Gasteiger partial charge in [-0.1, -0.05) is 55.7 Å². The van der Waals surface area contributed by atoms with Crippen molar-refractivity contribution in [3.8, 4) is 0 Å². The first kappa shape index (κ1) is 16.1. The molecule has 1 unspecified atom stereocenters. The van der Waals surface area contributed by atoms with Crippen LogP contribution in [0.3, 0.4) is 0 Å². The summed E-state index contributed by atoms with van der Waals surface area (Å²) in [5, 5.41) is 2.49. The second-order valence-corrected chi connectivity index (χ2v) is 8.07. The van der Waals surface area contributed by atoms with Gasteiger partial charge in [-0.3, -0.25) is 4.79 Å². The summed E-state index contributed by atoms with van der Waals surface area (Å²) in [6.07, 6.45) is 8.19. The van der Waals surface area contributed by atoms with E-state index in [0.29, 0.717) is 11.9 Å². The van der Waals surface area contributed by atoms with Crippen molar-refractivity contribution in [2.75, 3.05) is 6.54 Å². The summed E-state index contributed by atoms with van der Waals surface area (Å²) in [6.45, 7) is 0.958. The van der Waals surface area contributed by atoms with Gasteiger partial charge in [0, 0.05) is 23.0 Å². The Morgan fingerprint density at radius 1 is 1.00 bits per heavy atom. The predicted molar refractivity (Wildman–Crippen MR) is 102 cm³/mol. The lowest BCUT2D eigenvalue weighted by atomic mass is 9.93. The molecule has 24 heavy (non-hydrogen) atoms. The standard InChI is InChI=1S/C21H24BrNO/c22-20-16(11-10-15-6-4-5-9-19(15)20)14-17-12-13-23(21(17)24)18-7-2-1-3-8-18/h4-6,9-11,17-18H,1-3,7-8,12-14H2. The molecular weight excluding hydrogens is 362 g/mol. The minimum atomic E-state index is 0.157. The molecule has 1 aliphatic carbocycles. The van der Waals surface area contributed by atoms with Gasteiger partial charge >= 0.3 is 0 Å². The van der Waals surface area contributed by atoms with Gasteiger partial charge in [-0.25, -0.2) is 0 Å². The van der Waals surface area contributed by atoms with Crippen molar-refractivity contribution in [2.45, 2.75) is 51.0 Å². The van der Waals surface area contributed by atoms with Crippen molar-refractivity contribution in [3.63, 3.8) is 0 Å². The number of likely N-dealkylation sites (tertiary alicyclic amines) is 1. The first-order chi connectivity index (χ1) is 11.7. The van der Waals surface area contributed by atoms with Crippen LogP contribution in [-0.2, 0) is 11.2 Å². The van der Waals surface area contributed by atoms with E-state index < -0.39 is 0 Å². The van der Waals surface area contributed by atoms with Gasteiger partial charge in [-0.2, -0.15) is 0 Å². The van der Waals surface area contributed by atoms with E-state index in [2.05, 4.69) is 57.2 Å². The number of hydrogen-bond acceptors (Lipinski definition) is 1. The number of hydrogen-bond donors (Lipinski definition) is 0. The molecule has 0 spiro atoms. The Bertz CT molecular complexity index is 751. The topological polar surface area (TPSA) is 20.3 Å². The van der Waals surface area contributed by atoms with Crippen LogP contribution in [0.4, 0.5) is 0 Å². The zero-order chi connectivity index (χ0) is 16.5. The van der Waals surface area contributed by atoms with Crippen molar-refractivity contribution >= 4 is 32.6 Å². The van der Waals surface area contributed by atoms with Crippen LogP contribution in [0, 0.1) is 5.92 Å². The van der Waals surface area contributed by atoms with Crippen LogP contribution in [0.2, 0.25) is 0 Å². The maximum atomic E-state index is 12.9. The van der Waals surface area contributed by atoms with Gasteiger partial charge < -0.3 is 4.90 Å². The lowest BCUT2D eigenvalue weighted by Gasteiger charge is -2.31. The first-order valence-electron chi connectivity index (χ1n) is 9.20. The molecule has 1 atom stereocenters. The Balaban J connectivity index is 1.51. The SMILES string of the molecule is O=C1C(Cc2ccc3ccccc3c2Br)CCN1C1CCCCC1. The van der Waals surface area contributed by atoms with E-state index in [1.165, 1.54) is 48.4 Å². The highest BCUT2D eigenvalue weighted by atomic mass is 79.9. The highest BCUT2D eigenvalue weighted by molar-refractivity contribution is 9.10. The molecule has 3 heteroatoms. The van der Waals surface area contributed by atoms with Gasteiger partial charge in [-0.15, -0.1) is 0 Å². The minimum absolute atomic E-state index is 0.157. The average Bonchev–Trinajstić information content (AvgIpc) is 2.99. The van der Waals surface area contributed by atoms with Crippen molar-refractivity contribution < 1.29 is 4.79 Å². The molecule has 2 nitrogen and oxygen atoms in total. The van der Waals surface area contributed by atoms with Crippen LogP contribution >= 0.6 is 15.9 Å². The van der Waals surface area contributed by atoms with E-state index in [0.717, 1.165) is 23.9 Å².